The van der Waals surface area contributed by atoms with Crippen molar-refractivity contribution >= 4 is 28.2 Å². The molecule has 1 amide bonds. The number of fused-ring (bicyclic) bond motifs is 1. The van der Waals surface area contributed by atoms with Crippen molar-refractivity contribution in [3.8, 4) is 10.4 Å². The molecular formula is C25H21FN2O3S. The van der Waals surface area contributed by atoms with E-state index in [4.69, 9.17) is 4.42 Å². The van der Waals surface area contributed by atoms with Gasteiger partial charge in [-0.3, -0.25) is 9.69 Å². The van der Waals surface area contributed by atoms with Gasteiger partial charge in [0.25, 0.3) is 5.91 Å². The molecule has 5 rings (SSSR count). The Morgan fingerprint density at radius 1 is 0.969 bits per heavy atom. The summed E-state index contributed by atoms with van der Waals surface area (Å²) in [5.41, 5.74) is 0.568. The maximum atomic E-state index is 14.0. The number of benzene rings is 2. The topological polar surface area (TPSA) is 53.8 Å². The number of hydrogen-bond acceptors (Lipinski definition) is 5. The fourth-order valence-electron chi connectivity index (χ4n) is 3.98. The van der Waals surface area contributed by atoms with Crippen LogP contribution in [0.15, 0.2) is 75.9 Å². The van der Waals surface area contributed by atoms with Gasteiger partial charge in [0.1, 0.15) is 17.0 Å². The Morgan fingerprint density at radius 3 is 2.53 bits per heavy atom. The molecule has 162 valence electrons. The van der Waals surface area contributed by atoms with Gasteiger partial charge >= 0.3 is 5.63 Å². The van der Waals surface area contributed by atoms with Crippen molar-refractivity contribution in [3.05, 3.63) is 93.4 Å². The number of thiophene rings is 1. The zero-order valence-corrected chi connectivity index (χ0v) is 18.1. The lowest BCUT2D eigenvalue weighted by Crippen LogP contribution is -2.48. The first-order valence-corrected chi connectivity index (χ1v) is 11.3. The van der Waals surface area contributed by atoms with Crippen LogP contribution < -0.4 is 5.63 Å². The van der Waals surface area contributed by atoms with Crippen molar-refractivity contribution < 1.29 is 13.6 Å². The van der Waals surface area contributed by atoms with Crippen LogP contribution in [-0.2, 0) is 6.54 Å². The summed E-state index contributed by atoms with van der Waals surface area (Å²) in [7, 11) is 0. The first-order chi connectivity index (χ1) is 15.6. The van der Waals surface area contributed by atoms with Gasteiger partial charge in [0, 0.05) is 53.4 Å². The summed E-state index contributed by atoms with van der Waals surface area (Å²) >= 11 is 1.58. The molecule has 0 aliphatic carbocycles. The highest BCUT2D eigenvalue weighted by Gasteiger charge is 2.25. The van der Waals surface area contributed by atoms with E-state index in [9.17, 15) is 14.0 Å². The number of para-hydroxylation sites is 1. The number of carbonyl (C=O) groups is 1. The van der Waals surface area contributed by atoms with E-state index in [2.05, 4.69) is 4.90 Å². The van der Waals surface area contributed by atoms with Crippen LogP contribution in [0.25, 0.3) is 21.4 Å². The monoisotopic (exact) mass is 448 g/mol. The van der Waals surface area contributed by atoms with Gasteiger partial charge in [-0.1, -0.05) is 36.4 Å². The molecule has 3 heterocycles. The Labute approximate surface area is 188 Å². The summed E-state index contributed by atoms with van der Waals surface area (Å²) < 4.78 is 19.4. The van der Waals surface area contributed by atoms with Crippen LogP contribution in [0, 0.1) is 5.82 Å². The molecule has 7 heteroatoms. The third-order valence-electron chi connectivity index (χ3n) is 5.71. The van der Waals surface area contributed by atoms with Crippen molar-refractivity contribution in [2.24, 2.45) is 0 Å². The Bertz CT molecular complexity index is 1340. The average molecular weight is 449 g/mol. The second-order valence-electron chi connectivity index (χ2n) is 7.80. The van der Waals surface area contributed by atoms with Crippen molar-refractivity contribution in [1.29, 1.82) is 0 Å². The molecular weight excluding hydrogens is 427 g/mol. The smallest absolute Gasteiger partial charge is 0.349 e. The van der Waals surface area contributed by atoms with Crippen LogP contribution in [-0.4, -0.2) is 41.9 Å². The summed E-state index contributed by atoms with van der Waals surface area (Å²) in [4.78, 5) is 31.3. The van der Waals surface area contributed by atoms with Crippen molar-refractivity contribution in [2.45, 2.75) is 6.54 Å². The third kappa shape index (κ3) is 4.09. The van der Waals surface area contributed by atoms with Gasteiger partial charge in [-0.05, 0) is 30.3 Å². The molecule has 1 aliphatic rings. The standard InChI is InChI=1S/C25H21FN2O3S/c26-21-7-3-2-6-19(21)23-10-9-18(32-23)16-27-11-13-28(14-12-27)24(29)20-15-17-5-1-4-8-22(17)31-25(20)30/h1-10,15H,11-14,16H2. The molecule has 2 aromatic heterocycles. The first-order valence-electron chi connectivity index (χ1n) is 10.5. The maximum Gasteiger partial charge on any atom is 0.349 e. The van der Waals surface area contributed by atoms with Crippen molar-refractivity contribution in [2.75, 3.05) is 26.2 Å². The van der Waals surface area contributed by atoms with E-state index in [0.29, 0.717) is 37.3 Å². The number of carbonyl (C=O) groups excluding carboxylic acids is 1. The van der Waals surface area contributed by atoms with E-state index in [1.807, 2.05) is 30.3 Å². The summed E-state index contributed by atoms with van der Waals surface area (Å²) in [6, 6.07) is 19.6. The third-order valence-corrected chi connectivity index (χ3v) is 6.82. The minimum Gasteiger partial charge on any atom is -0.422 e. The number of halogens is 1. The molecule has 4 aromatic rings. The Kier molecular flexibility index (Phi) is 5.59. The summed E-state index contributed by atoms with van der Waals surface area (Å²) in [5, 5.41) is 0.734. The molecule has 5 nitrogen and oxygen atoms in total. The van der Waals surface area contributed by atoms with Crippen LogP contribution in [0.3, 0.4) is 0 Å². The highest BCUT2D eigenvalue weighted by atomic mass is 32.1. The number of rotatable bonds is 4. The predicted molar refractivity (Wildman–Crippen MR) is 123 cm³/mol. The SMILES string of the molecule is O=C(c1cc2ccccc2oc1=O)N1CCN(Cc2ccc(-c3ccccc3F)s2)CC1. The van der Waals surface area contributed by atoms with E-state index >= 15 is 0 Å². The van der Waals surface area contributed by atoms with Crippen LogP contribution in [0.4, 0.5) is 4.39 Å². The first kappa shape index (κ1) is 20.6. The number of amides is 1. The van der Waals surface area contributed by atoms with Gasteiger partial charge < -0.3 is 9.32 Å². The minimum atomic E-state index is -0.601. The summed E-state index contributed by atoms with van der Waals surface area (Å²) in [5.74, 6) is -0.506. The molecule has 0 spiro atoms. The van der Waals surface area contributed by atoms with Crippen LogP contribution in [0.1, 0.15) is 15.2 Å². The molecule has 0 unspecified atom stereocenters. The average Bonchev–Trinajstić information content (AvgIpc) is 3.27. The largest absolute Gasteiger partial charge is 0.422 e. The summed E-state index contributed by atoms with van der Waals surface area (Å²) in [6.45, 7) is 3.24. The van der Waals surface area contributed by atoms with Gasteiger partial charge in [-0.25, -0.2) is 9.18 Å². The second kappa shape index (κ2) is 8.68. The molecule has 32 heavy (non-hydrogen) atoms. The molecule has 1 aliphatic heterocycles. The lowest BCUT2D eigenvalue weighted by Gasteiger charge is -2.34. The molecule has 0 saturated carbocycles. The van der Waals surface area contributed by atoms with Crippen LogP contribution >= 0.6 is 11.3 Å². The zero-order valence-electron chi connectivity index (χ0n) is 17.3. The molecule has 0 atom stereocenters. The summed E-state index contributed by atoms with van der Waals surface area (Å²) in [6.07, 6.45) is 0. The van der Waals surface area contributed by atoms with Crippen LogP contribution in [0.5, 0.6) is 0 Å². The molecule has 0 radical (unpaired) electrons. The van der Waals surface area contributed by atoms with E-state index < -0.39 is 5.63 Å². The van der Waals surface area contributed by atoms with E-state index in [1.54, 1.807) is 46.6 Å². The van der Waals surface area contributed by atoms with Crippen LogP contribution in [0.2, 0.25) is 0 Å². The second-order valence-corrected chi connectivity index (χ2v) is 8.97. The predicted octanol–water partition coefficient (Wildman–Crippen LogP) is 4.62. The van der Waals surface area contributed by atoms with E-state index in [1.165, 1.54) is 6.07 Å². The molecule has 1 saturated heterocycles. The molecule has 1 fully saturated rings. The highest BCUT2D eigenvalue weighted by molar-refractivity contribution is 7.15. The fraction of sp³-hybridized carbons (Fsp3) is 0.200. The van der Waals surface area contributed by atoms with Gasteiger partial charge in [0.2, 0.25) is 0 Å². The zero-order chi connectivity index (χ0) is 22.1. The van der Waals surface area contributed by atoms with Crippen molar-refractivity contribution in [1.82, 2.24) is 9.80 Å². The molecule has 0 N–H and O–H groups in total. The van der Waals surface area contributed by atoms with E-state index in [-0.39, 0.29) is 17.3 Å². The Morgan fingerprint density at radius 2 is 1.72 bits per heavy atom. The van der Waals surface area contributed by atoms with Gasteiger partial charge in [-0.2, -0.15) is 0 Å². The lowest BCUT2D eigenvalue weighted by molar-refractivity contribution is 0.0625. The fourth-order valence-corrected chi connectivity index (χ4v) is 5.06. The Balaban J connectivity index is 1.23. The van der Waals surface area contributed by atoms with Crippen molar-refractivity contribution in [3.63, 3.8) is 0 Å². The van der Waals surface area contributed by atoms with Gasteiger partial charge in [0.05, 0.1) is 0 Å². The number of nitrogens with zero attached hydrogens (tertiary/aromatic N) is 2. The van der Waals surface area contributed by atoms with Gasteiger partial charge in [0.15, 0.2) is 0 Å². The quantitative estimate of drug-likeness (QED) is 0.428. The number of hydrogen-bond donors (Lipinski definition) is 0. The number of piperazine rings is 1. The highest BCUT2D eigenvalue weighted by Crippen LogP contribution is 2.30. The minimum absolute atomic E-state index is 0.0740. The normalized spacial score (nSPS) is 14.7. The Hall–Kier alpha value is -3.29. The molecule has 2 aromatic carbocycles. The maximum absolute atomic E-state index is 14.0. The molecule has 0 bridgehead atoms. The lowest BCUT2D eigenvalue weighted by atomic mass is 10.1. The van der Waals surface area contributed by atoms with Gasteiger partial charge in [-0.15, -0.1) is 11.3 Å². The van der Waals surface area contributed by atoms with E-state index in [0.717, 1.165) is 21.7 Å².